The number of ether oxygens (including phenoxy) is 1. The molecule has 0 aromatic carbocycles. The second-order valence-corrected chi connectivity index (χ2v) is 4.56. The molecule has 0 saturated carbocycles. The average Bonchev–Trinajstić information content (AvgIpc) is 2.87. The van der Waals surface area contributed by atoms with Crippen LogP contribution in [-0.4, -0.2) is 42.5 Å². The zero-order valence-corrected chi connectivity index (χ0v) is 10.6. The van der Waals surface area contributed by atoms with E-state index in [0.29, 0.717) is 23.8 Å². The van der Waals surface area contributed by atoms with Crippen molar-refractivity contribution < 1.29 is 9.53 Å². The van der Waals surface area contributed by atoms with E-state index in [1.807, 2.05) is 4.90 Å². The standard InChI is InChI=1S/C13H19N3O2/c1-18-12-8-15-6-3-11(12)13(17)16-7-4-10(9-16)2-5-14/h3,6,8,10H,2,4-5,7,9,14H2,1H3. The number of methoxy groups -OCH3 is 1. The average molecular weight is 249 g/mol. The van der Waals surface area contributed by atoms with Crippen LogP contribution < -0.4 is 10.5 Å². The Hall–Kier alpha value is -1.62. The van der Waals surface area contributed by atoms with Crippen LogP contribution in [0, 0.1) is 5.92 Å². The van der Waals surface area contributed by atoms with Crippen molar-refractivity contribution in [1.29, 1.82) is 0 Å². The number of pyridine rings is 1. The molecule has 98 valence electrons. The molecule has 2 N–H and O–H groups in total. The number of carbonyl (C=O) groups excluding carboxylic acids is 1. The van der Waals surface area contributed by atoms with Gasteiger partial charge in [0.25, 0.3) is 5.91 Å². The van der Waals surface area contributed by atoms with Crippen molar-refractivity contribution >= 4 is 5.91 Å². The van der Waals surface area contributed by atoms with Crippen molar-refractivity contribution in [2.45, 2.75) is 12.8 Å². The number of hydrogen-bond acceptors (Lipinski definition) is 4. The quantitative estimate of drug-likeness (QED) is 0.861. The number of nitrogens with zero attached hydrogens (tertiary/aromatic N) is 2. The van der Waals surface area contributed by atoms with Crippen LogP contribution >= 0.6 is 0 Å². The number of rotatable bonds is 4. The number of likely N-dealkylation sites (tertiary alicyclic amines) is 1. The third kappa shape index (κ3) is 2.61. The van der Waals surface area contributed by atoms with Crippen LogP contribution in [0.5, 0.6) is 5.75 Å². The first-order valence-electron chi connectivity index (χ1n) is 6.23. The summed E-state index contributed by atoms with van der Waals surface area (Å²) >= 11 is 0. The summed E-state index contributed by atoms with van der Waals surface area (Å²) in [5.41, 5.74) is 6.14. The molecule has 1 saturated heterocycles. The van der Waals surface area contributed by atoms with Crippen molar-refractivity contribution in [3.05, 3.63) is 24.0 Å². The van der Waals surface area contributed by atoms with Gasteiger partial charge in [-0.2, -0.15) is 0 Å². The fraction of sp³-hybridized carbons (Fsp3) is 0.538. The molecule has 0 radical (unpaired) electrons. The summed E-state index contributed by atoms with van der Waals surface area (Å²) in [5.74, 6) is 1.09. The van der Waals surface area contributed by atoms with Crippen molar-refractivity contribution in [3.8, 4) is 5.75 Å². The molecule has 18 heavy (non-hydrogen) atoms. The van der Waals surface area contributed by atoms with Crippen LogP contribution in [0.15, 0.2) is 18.5 Å². The first-order valence-corrected chi connectivity index (χ1v) is 6.23. The number of carbonyl (C=O) groups is 1. The van der Waals surface area contributed by atoms with Crippen molar-refractivity contribution in [1.82, 2.24) is 9.88 Å². The van der Waals surface area contributed by atoms with Gasteiger partial charge in [-0.15, -0.1) is 0 Å². The van der Waals surface area contributed by atoms with Gasteiger partial charge in [0.1, 0.15) is 5.75 Å². The lowest BCUT2D eigenvalue weighted by Gasteiger charge is -2.17. The Morgan fingerprint density at radius 2 is 2.50 bits per heavy atom. The highest BCUT2D eigenvalue weighted by Crippen LogP contribution is 2.24. The highest BCUT2D eigenvalue weighted by Gasteiger charge is 2.27. The summed E-state index contributed by atoms with van der Waals surface area (Å²) in [6.45, 7) is 2.28. The highest BCUT2D eigenvalue weighted by molar-refractivity contribution is 5.96. The van der Waals surface area contributed by atoms with E-state index in [0.717, 1.165) is 25.9 Å². The third-order valence-electron chi connectivity index (χ3n) is 3.38. The lowest BCUT2D eigenvalue weighted by Crippen LogP contribution is -2.29. The van der Waals surface area contributed by atoms with Crippen LogP contribution in [0.3, 0.4) is 0 Å². The van der Waals surface area contributed by atoms with Gasteiger partial charge in [-0.05, 0) is 31.4 Å². The number of amides is 1. The van der Waals surface area contributed by atoms with Gasteiger partial charge in [0.2, 0.25) is 0 Å². The molecule has 1 fully saturated rings. The Morgan fingerprint density at radius 1 is 1.67 bits per heavy atom. The van der Waals surface area contributed by atoms with Crippen LogP contribution in [0.1, 0.15) is 23.2 Å². The van der Waals surface area contributed by atoms with Crippen molar-refractivity contribution in [2.24, 2.45) is 11.7 Å². The Morgan fingerprint density at radius 3 is 3.22 bits per heavy atom. The maximum atomic E-state index is 12.4. The summed E-state index contributed by atoms with van der Waals surface area (Å²) in [7, 11) is 1.55. The summed E-state index contributed by atoms with van der Waals surface area (Å²) < 4.78 is 5.17. The highest BCUT2D eigenvalue weighted by atomic mass is 16.5. The fourth-order valence-electron chi connectivity index (χ4n) is 2.38. The van der Waals surface area contributed by atoms with Gasteiger partial charge >= 0.3 is 0 Å². The molecular weight excluding hydrogens is 230 g/mol. The van der Waals surface area contributed by atoms with Crippen LogP contribution in [0.2, 0.25) is 0 Å². The Labute approximate surface area is 107 Å². The lowest BCUT2D eigenvalue weighted by atomic mass is 10.1. The van der Waals surface area contributed by atoms with E-state index in [1.165, 1.54) is 0 Å². The fourth-order valence-corrected chi connectivity index (χ4v) is 2.38. The number of aromatic nitrogens is 1. The molecule has 0 aliphatic carbocycles. The SMILES string of the molecule is COc1cnccc1C(=O)N1CCC(CCN)C1. The number of hydrogen-bond donors (Lipinski definition) is 1. The zero-order valence-electron chi connectivity index (χ0n) is 10.6. The predicted molar refractivity (Wildman–Crippen MR) is 68.5 cm³/mol. The molecule has 1 aliphatic heterocycles. The minimum Gasteiger partial charge on any atom is -0.494 e. The van der Waals surface area contributed by atoms with Crippen LogP contribution in [0.25, 0.3) is 0 Å². The molecule has 0 spiro atoms. The van der Waals surface area contributed by atoms with Crippen molar-refractivity contribution in [3.63, 3.8) is 0 Å². The monoisotopic (exact) mass is 249 g/mol. The maximum Gasteiger partial charge on any atom is 0.257 e. The summed E-state index contributed by atoms with van der Waals surface area (Å²) in [4.78, 5) is 18.2. The van der Waals surface area contributed by atoms with Crippen LogP contribution in [0.4, 0.5) is 0 Å². The lowest BCUT2D eigenvalue weighted by molar-refractivity contribution is 0.0783. The Bertz CT molecular complexity index is 422. The van der Waals surface area contributed by atoms with Gasteiger partial charge in [0, 0.05) is 19.3 Å². The van der Waals surface area contributed by atoms with Crippen LogP contribution in [-0.2, 0) is 0 Å². The topological polar surface area (TPSA) is 68.5 Å². The minimum absolute atomic E-state index is 0.0220. The van der Waals surface area contributed by atoms with Gasteiger partial charge in [0.05, 0.1) is 18.9 Å². The van der Waals surface area contributed by atoms with E-state index < -0.39 is 0 Å². The summed E-state index contributed by atoms with van der Waals surface area (Å²) in [5, 5.41) is 0. The molecule has 5 nitrogen and oxygen atoms in total. The molecule has 1 atom stereocenters. The van der Waals surface area contributed by atoms with E-state index in [-0.39, 0.29) is 5.91 Å². The Balaban J connectivity index is 2.08. The predicted octanol–water partition coefficient (Wildman–Crippen LogP) is 0.901. The molecule has 1 amide bonds. The molecule has 5 heteroatoms. The zero-order chi connectivity index (χ0) is 13.0. The van der Waals surface area contributed by atoms with Gasteiger partial charge in [-0.1, -0.05) is 0 Å². The summed E-state index contributed by atoms with van der Waals surface area (Å²) in [6.07, 6.45) is 5.21. The normalized spacial score (nSPS) is 19.0. The first-order chi connectivity index (χ1) is 8.76. The number of nitrogens with two attached hydrogens (primary N) is 1. The van der Waals surface area contributed by atoms with E-state index in [9.17, 15) is 4.79 Å². The second kappa shape index (κ2) is 5.82. The van der Waals surface area contributed by atoms with Gasteiger partial charge in [-0.25, -0.2) is 0 Å². The molecule has 1 aliphatic rings. The van der Waals surface area contributed by atoms with E-state index >= 15 is 0 Å². The van der Waals surface area contributed by atoms with E-state index in [2.05, 4.69) is 4.98 Å². The van der Waals surface area contributed by atoms with Gasteiger partial charge < -0.3 is 15.4 Å². The molecule has 2 rings (SSSR count). The molecule has 0 bridgehead atoms. The minimum atomic E-state index is 0.0220. The van der Waals surface area contributed by atoms with E-state index in [4.69, 9.17) is 10.5 Å². The van der Waals surface area contributed by atoms with Crippen molar-refractivity contribution in [2.75, 3.05) is 26.7 Å². The molecule has 2 heterocycles. The van der Waals surface area contributed by atoms with Gasteiger partial charge in [-0.3, -0.25) is 9.78 Å². The second-order valence-electron chi connectivity index (χ2n) is 4.56. The largest absolute Gasteiger partial charge is 0.494 e. The third-order valence-corrected chi connectivity index (χ3v) is 3.38. The Kier molecular flexibility index (Phi) is 4.15. The van der Waals surface area contributed by atoms with E-state index in [1.54, 1.807) is 25.6 Å². The maximum absolute atomic E-state index is 12.4. The molecule has 1 aromatic heterocycles. The molecular formula is C13H19N3O2. The first kappa shape index (κ1) is 12.8. The van der Waals surface area contributed by atoms with Gasteiger partial charge in [0.15, 0.2) is 0 Å². The summed E-state index contributed by atoms with van der Waals surface area (Å²) in [6, 6.07) is 1.71. The smallest absolute Gasteiger partial charge is 0.257 e. The molecule has 1 unspecified atom stereocenters. The molecule has 1 aromatic rings.